The fraction of sp³-hybridized carbons (Fsp3) is 0.462. The van der Waals surface area contributed by atoms with Gasteiger partial charge >= 0.3 is 5.97 Å². The van der Waals surface area contributed by atoms with Gasteiger partial charge in [0.2, 0.25) is 0 Å². The summed E-state index contributed by atoms with van der Waals surface area (Å²) in [6, 6.07) is 7.74. The SMILES string of the molecule is NNC(CCN1CCc2ccccc2C1)C(=O)O. The number of hydrogen-bond acceptors (Lipinski definition) is 4. The maximum atomic E-state index is 10.8. The zero-order chi connectivity index (χ0) is 13.0. The number of rotatable bonds is 5. The average molecular weight is 249 g/mol. The third kappa shape index (κ3) is 3.07. The summed E-state index contributed by atoms with van der Waals surface area (Å²) in [4.78, 5) is 13.1. The summed E-state index contributed by atoms with van der Waals surface area (Å²) in [5.74, 6) is 4.32. The highest BCUT2D eigenvalue weighted by molar-refractivity contribution is 5.73. The molecule has 18 heavy (non-hydrogen) atoms. The smallest absolute Gasteiger partial charge is 0.322 e. The van der Waals surface area contributed by atoms with E-state index >= 15 is 0 Å². The Morgan fingerprint density at radius 3 is 2.83 bits per heavy atom. The number of carbonyl (C=O) groups is 1. The van der Waals surface area contributed by atoms with Crippen molar-refractivity contribution in [2.45, 2.75) is 25.4 Å². The van der Waals surface area contributed by atoms with Gasteiger partial charge in [-0.25, -0.2) is 5.43 Å². The molecule has 0 saturated carbocycles. The van der Waals surface area contributed by atoms with Gasteiger partial charge in [0.15, 0.2) is 0 Å². The predicted octanol–water partition coefficient (Wildman–Crippen LogP) is 0.351. The minimum absolute atomic E-state index is 0.522. The Kier molecular flexibility index (Phi) is 4.30. The van der Waals surface area contributed by atoms with Crippen LogP contribution in [0.15, 0.2) is 24.3 Å². The Hall–Kier alpha value is -1.43. The first-order valence-electron chi connectivity index (χ1n) is 6.19. The van der Waals surface area contributed by atoms with Gasteiger partial charge in [-0.15, -0.1) is 0 Å². The molecule has 0 fully saturated rings. The van der Waals surface area contributed by atoms with Gasteiger partial charge in [0, 0.05) is 19.6 Å². The number of fused-ring (bicyclic) bond motifs is 1. The van der Waals surface area contributed by atoms with Crippen LogP contribution in [0.1, 0.15) is 17.5 Å². The molecule has 0 aliphatic carbocycles. The second-order valence-corrected chi connectivity index (χ2v) is 4.64. The highest BCUT2D eigenvalue weighted by atomic mass is 16.4. The fourth-order valence-corrected chi connectivity index (χ4v) is 2.33. The zero-order valence-electron chi connectivity index (χ0n) is 10.3. The van der Waals surface area contributed by atoms with Crippen molar-refractivity contribution in [2.75, 3.05) is 13.1 Å². The lowest BCUT2D eigenvalue weighted by Crippen LogP contribution is -2.44. The lowest BCUT2D eigenvalue weighted by atomic mass is 9.99. The van der Waals surface area contributed by atoms with Crippen LogP contribution in [0.25, 0.3) is 0 Å². The quantitative estimate of drug-likeness (QED) is 0.518. The van der Waals surface area contributed by atoms with Crippen LogP contribution in [0.3, 0.4) is 0 Å². The Morgan fingerprint density at radius 1 is 1.44 bits per heavy atom. The van der Waals surface area contributed by atoms with E-state index in [0.717, 1.165) is 26.1 Å². The topological polar surface area (TPSA) is 78.6 Å². The van der Waals surface area contributed by atoms with Crippen molar-refractivity contribution in [3.63, 3.8) is 0 Å². The van der Waals surface area contributed by atoms with E-state index in [1.165, 1.54) is 11.1 Å². The number of nitrogens with two attached hydrogens (primary N) is 1. The van der Waals surface area contributed by atoms with E-state index in [9.17, 15) is 4.79 Å². The Morgan fingerprint density at radius 2 is 2.17 bits per heavy atom. The monoisotopic (exact) mass is 249 g/mol. The lowest BCUT2D eigenvalue weighted by molar-refractivity contribution is -0.139. The van der Waals surface area contributed by atoms with Crippen molar-refractivity contribution in [1.29, 1.82) is 0 Å². The van der Waals surface area contributed by atoms with Gasteiger partial charge < -0.3 is 5.11 Å². The molecule has 0 aromatic heterocycles. The summed E-state index contributed by atoms with van der Waals surface area (Å²) in [6.45, 7) is 2.62. The van der Waals surface area contributed by atoms with Crippen LogP contribution in [0.4, 0.5) is 0 Å². The summed E-state index contributed by atoms with van der Waals surface area (Å²) >= 11 is 0. The molecule has 1 aromatic carbocycles. The van der Waals surface area contributed by atoms with Crippen molar-refractivity contribution in [2.24, 2.45) is 5.84 Å². The first-order valence-corrected chi connectivity index (χ1v) is 6.19. The average Bonchev–Trinajstić information content (AvgIpc) is 2.39. The third-order valence-corrected chi connectivity index (χ3v) is 3.44. The molecule has 1 aliphatic rings. The van der Waals surface area contributed by atoms with Crippen molar-refractivity contribution in [3.05, 3.63) is 35.4 Å². The molecule has 5 nitrogen and oxygen atoms in total. The van der Waals surface area contributed by atoms with E-state index in [0.29, 0.717) is 6.42 Å². The van der Waals surface area contributed by atoms with E-state index < -0.39 is 12.0 Å². The number of hydrazine groups is 1. The highest BCUT2D eigenvalue weighted by Gasteiger charge is 2.19. The Labute approximate surface area is 107 Å². The molecule has 0 saturated heterocycles. The second-order valence-electron chi connectivity index (χ2n) is 4.64. The molecule has 1 aromatic rings. The zero-order valence-corrected chi connectivity index (χ0v) is 10.3. The molecule has 0 bridgehead atoms. The van der Waals surface area contributed by atoms with Gasteiger partial charge in [-0.05, 0) is 24.0 Å². The molecule has 4 N–H and O–H groups in total. The largest absolute Gasteiger partial charge is 0.480 e. The molecular formula is C13H19N3O2. The first-order chi connectivity index (χ1) is 8.70. The van der Waals surface area contributed by atoms with Crippen LogP contribution in [0.5, 0.6) is 0 Å². The van der Waals surface area contributed by atoms with Gasteiger partial charge in [0.25, 0.3) is 0 Å². The van der Waals surface area contributed by atoms with Crippen molar-refractivity contribution in [3.8, 4) is 0 Å². The van der Waals surface area contributed by atoms with E-state index in [4.69, 9.17) is 10.9 Å². The summed E-state index contributed by atoms with van der Waals surface area (Å²) in [6.07, 6.45) is 1.55. The van der Waals surface area contributed by atoms with Gasteiger partial charge in [-0.1, -0.05) is 24.3 Å². The van der Waals surface area contributed by atoms with Crippen molar-refractivity contribution in [1.82, 2.24) is 10.3 Å². The Bertz CT molecular complexity index is 422. The molecular weight excluding hydrogens is 230 g/mol. The first kappa shape index (κ1) is 13.0. The van der Waals surface area contributed by atoms with Gasteiger partial charge in [-0.2, -0.15) is 0 Å². The number of nitrogens with zero attached hydrogens (tertiary/aromatic N) is 1. The Balaban J connectivity index is 1.88. The maximum absolute atomic E-state index is 10.8. The minimum atomic E-state index is -0.894. The highest BCUT2D eigenvalue weighted by Crippen LogP contribution is 2.18. The molecule has 1 heterocycles. The molecule has 0 radical (unpaired) electrons. The summed E-state index contributed by atoms with van der Waals surface area (Å²) < 4.78 is 0. The standard InChI is InChI=1S/C13H19N3O2/c14-15-12(13(17)18)6-8-16-7-5-10-3-1-2-4-11(10)9-16/h1-4,12,15H,5-9,14H2,(H,17,18). The summed E-state index contributed by atoms with van der Waals surface area (Å²) in [5.41, 5.74) is 5.08. The molecule has 1 atom stereocenters. The molecule has 2 rings (SSSR count). The van der Waals surface area contributed by atoms with Crippen molar-refractivity contribution >= 4 is 5.97 Å². The summed E-state index contributed by atoms with van der Waals surface area (Å²) in [5, 5.41) is 8.90. The van der Waals surface area contributed by atoms with E-state index in [1.807, 2.05) is 6.07 Å². The normalized spacial score (nSPS) is 17.2. The molecule has 5 heteroatoms. The second kappa shape index (κ2) is 5.95. The molecule has 0 spiro atoms. The van der Waals surface area contributed by atoms with Crippen LogP contribution in [0.2, 0.25) is 0 Å². The van der Waals surface area contributed by atoms with Gasteiger partial charge in [-0.3, -0.25) is 15.5 Å². The van der Waals surface area contributed by atoms with E-state index in [-0.39, 0.29) is 0 Å². The molecule has 0 amide bonds. The van der Waals surface area contributed by atoms with Crippen molar-refractivity contribution < 1.29 is 9.90 Å². The molecule has 1 unspecified atom stereocenters. The lowest BCUT2D eigenvalue weighted by Gasteiger charge is -2.29. The number of nitrogens with one attached hydrogen (secondary N) is 1. The van der Waals surface area contributed by atoms with Gasteiger partial charge in [0.05, 0.1) is 0 Å². The third-order valence-electron chi connectivity index (χ3n) is 3.44. The van der Waals surface area contributed by atoms with E-state index in [2.05, 4.69) is 28.5 Å². The van der Waals surface area contributed by atoms with Crippen LogP contribution in [-0.4, -0.2) is 35.1 Å². The number of carboxylic acid groups (broad SMARTS) is 1. The number of aliphatic carboxylic acids is 1. The number of carboxylic acids is 1. The summed E-state index contributed by atoms with van der Waals surface area (Å²) in [7, 11) is 0. The van der Waals surface area contributed by atoms with Crippen LogP contribution >= 0.6 is 0 Å². The fourth-order valence-electron chi connectivity index (χ4n) is 2.33. The molecule has 98 valence electrons. The van der Waals surface area contributed by atoms with Crippen LogP contribution < -0.4 is 11.3 Å². The minimum Gasteiger partial charge on any atom is -0.480 e. The van der Waals surface area contributed by atoms with E-state index in [1.54, 1.807) is 0 Å². The number of benzene rings is 1. The van der Waals surface area contributed by atoms with Crippen LogP contribution in [0, 0.1) is 0 Å². The van der Waals surface area contributed by atoms with Crippen LogP contribution in [-0.2, 0) is 17.8 Å². The predicted molar refractivity (Wildman–Crippen MR) is 68.8 cm³/mol. The molecule has 1 aliphatic heterocycles. The number of hydrogen-bond donors (Lipinski definition) is 3. The maximum Gasteiger partial charge on any atom is 0.322 e. The van der Waals surface area contributed by atoms with Gasteiger partial charge in [0.1, 0.15) is 6.04 Å².